The van der Waals surface area contributed by atoms with Crippen molar-refractivity contribution in [3.63, 3.8) is 0 Å². The number of nitrogens with one attached hydrogen (secondary N) is 1. The maximum atomic E-state index is 13.7. The molecule has 0 heterocycles. The molecule has 326 valence electrons. The van der Waals surface area contributed by atoms with Crippen LogP contribution in [0.5, 0.6) is 0 Å². The van der Waals surface area contributed by atoms with Crippen molar-refractivity contribution in [2.45, 2.75) is 176 Å². The van der Waals surface area contributed by atoms with E-state index in [2.05, 4.69) is 78.9 Å². The summed E-state index contributed by atoms with van der Waals surface area (Å²) in [6.07, 6.45) is 18.0. The van der Waals surface area contributed by atoms with Crippen molar-refractivity contribution >= 4 is 35.2 Å². The lowest BCUT2D eigenvalue weighted by Crippen LogP contribution is -2.65. The van der Waals surface area contributed by atoms with E-state index in [0.717, 1.165) is 70.0 Å². The summed E-state index contributed by atoms with van der Waals surface area (Å²) in [6, 6.07) is 0.0355. The zero-order chi connectivity index (χ0) is 42.6. The Labute approximate surface area is 356 Å². The number of carbonyl (C=O) groups excluding carboxylic acids is 2. The molecule has 0 aliphatic heterocycles. The fourth-order valence-corrected chi connectivity index (χ4v) is 14.4. The predicted molar refractivity (Wildman–Crippen MR) is 235 cm³/mol. The fourth-order valence-electron chi connectivity index (χ4n) is 14.2. The van der Waals surface area contributed by atoms with Gasteiger partial charge in [0.05, 0.1) is 30.2 Å². The number of alkyl halides is 1. The van der Waals surface area contributed by atoms with Gasteiger partial charge in [-0.25, -0.2) is 0 Å². The van der Waals surface area contributed by atoms with Crippen molar-refractivity contribution in [2.75, 3.05) is 27.2 Å². The Kier molecular flexibility index (Phi) is 13.0. The van der Waals surface area contributed by atoms with E-state index in [4.69, 9.17) is 21.3 Å². The summed E-state index contributed by atoms with van der Waals surface area (Å²) < 4.78 is 6.23. The van der Waals surface area contributed by atoms with Crippen LogP contribution < -0.4 is 5.32 Å². The molecular formula is C49H78ClN3O5. The van der Waals surface area contributed by atoms with Gasteiger partial charge in [-0.3, -0.25) is 19.4 Å². The number of nitrogens with zero attached hydrogens (tertiary/aromatic N) is 2. The highest BCUT2D eigenvalue weighted by atomic mass is 35.5. The van der Waals surface area contributed by atoms with Gasteiger partial charge in [-0.2, -0.15) is 0 Å². The van der Waals surface area contributed by atoms with Gasteiger partial charge in [-0.05, 0) is 157 Å². The zero-order valence-electron chi connectivity index (χ0n) is 38.1. The number of aliphatic imine (C=N–C) groups is 1. The topological polar surface area (TPSA) is 108 Å². The van der Waals surface area contributed by atoms with E-state index in [1.165, 1.54) is 25.7 Å². The molecule has 1 amide bonds. The highest BCUT2D eigenvalue weighted by Crippen LogP contribution is 2.77. The maximum absolute atomic E-state index is 13.7. The Morgan fingerprint density at radius 2 is 1.66 bits per heavy atom. The molecule has 8 nitrogen and oxygen atoms in total. The third-order valence-corrected chi connectivity index (χ3v) is 18.0. The quantitative estimate of drug-likeness (QED) is 0.0829. The smallest absolute Gasteiger partial charge is 0.309 e. The number of carbonyl (C=O) groups is 3. The number of halogens is 1. The highest BCUT2D eigenvalue weighted by molar-refractivity contribution is 6.21. The molecule has 4 saturated carbocycles. The summed E-state index contributed by atoms with van der Waals surface area (Å²) in [4.78, 5) is 46.1. The van der Waals surface area contributed by atoms with Crippen LogP contribution in [-0.2, 0) is 19.1 Å². The second-order valence-corrected chi connectivity index (χ2v) is 23.0. The van der Waals surface area contributed by atoms with E-state index >= 15 is 0 Å². The molecule has 0 aromatic heterocycles. The highest BCUT2D eigenvalue weighted by Gasteiger charge is 2.69. The van der Waals surface area contributed by atoms with Crippen LogP contribution in [0.2, 0.25) is 0 Å². The molecule has 10 atom stereocenters. The molecular weight excluding hydrogens is 746 g/mol. The van der Waals surface area contributed by atoms with Gasteiger partial charge in [0.15, 0.2) is 0 Å². The number of amides is 1. The van der Waals surface area contributed by atoms with Crippen LogP contribution in [0.4, 0.5) is 0 Å². The lowest BCUT2D eigenvalue weighted by molar-refractivity contribution is -0.233. The van der Waals surface area contributed by atoms with Gasteiger partial charge in [0.25, 0.3) is 0 Å². The van der Waals surface area contributed by atoms with Gasteiger partial charge >= 0.3 is 11.9 Å². The number of ether oxygens (including phenoxy) is 1. The number of hydrogen-bond acceptors (Lipinski definition) is 6. The first kappa shape index (κ1) is 45.3. The van der Waals surface area contributed by atoms with Crippen LogP contribution in [0.3, 0.4) is 0 Å². The zero-order valence-corrected chi connectivity index (χ0v) is 38.8. The number of likely N-dealkylation sites (N-methyl/N-ethyl adjacent to an activating group) is 1. The Morgan fingerprint density at radius 3 is 2.29 bits per heavy atom. The molecule has 0 spiro atoms. The number of aliphatic carboxylic acids is 1. The van der Waals surface area contributed by atoms with Gasteiger partial charge in [0.2, 0.25) is 5.91 Å². The number of esters is 1. The van der Waals surface area contributed by atoms with E-state index in [-0.39, 0.29) is 56.9 Å². The Bertz CT molecular complexity index is 1680. The van der Waals surface area contributed by atoms with Crippen LogP contribution in [-0.4, -0.2) is 78.3 Å². The number of carboxylic acids is 1. The average Bonchev–Trinajstić information content (AvgIpc) is 3.50. The molecule has 9 heteroatoms. The van der Waals surface area contributed by atoms with Gasteiger partial charge in [-0.1, -0.05) is 71.8 Å². The lowest BCUT2D eigenvalue weighted by Gasteiger charge is -2.72. The number of carboxylic acid groups (broad SMARTS) is 1. The fraction of sp³-hybridized carbons (Fsp3) is 0.837. The van der Waals surface area contributed by atoms with Crippen molar-refractivity contribution in [3.8, 4) is 0 Å². The second kappa shape index (κ2) is 16.6. The van der Waals surface area contributed by atoms with E-state index in [9.17, 15) is 19.5 Å². The Hall–Kier alpha value is -2.19. The molecule has 0 aromatic carbocycles. The third kappa shape index (κ3) is 8.26. The SMILES string of the molecule is CC(C)C1=C2C3CCC4C5(C)CCC(OC(=O)CC(C)(C)C(=O)O)C(C)(C)C5CCC4(C)C3(C)CCC2(CC(CC(=O)NC2C=CC(Cl)CC2)=NCCN(C)C)CC1. The summed E-state index contributed by atoms with van der Waals surface area (Å²) in [6.45, 7) is 22.1. The minimum absolute atomic E-state index is 0.0355. The van der Waals surface area contributed by atoms with Gasteiger partial charge in [-0.15, -0.1) is 11.6 Å². The standard InChI is InChI=1S/C49H78ClN3O5/c1-31(2)35-18-23-49(29-34(51-26-27-53(10)11)28-40(54)52-33-14-12-32(50)13-15-33)25-24-47(8)36(42(35)49)16-17-38-46(7)21-20-39(58-41(55)30-44(3,4)43(56)57)45(5,6)37(46)19-22-48(38,47)9/h12,14,31-33,36-39H,13,15-30H2,1-11H3,(H,52,54)(H,56,57). The molecule has 6 rings (SSSR count). The Morgan fingerprint density at radius 1 is 0.931 bits per heavy atom. The van der Waals surface area contributed by atoms with E-state index < -0.39 is 17.4 Å². The minimum atomic E-state index is -1.15. The normalized spacial score (nSPS) is 38.5. The lowest BCUT2D eigenvalue weighted by atomic mass is 9.33. The van der Waals surface area contributed by atoms with Crippen molar-refractivity contribution in [3.05, 3.63) is 23.3 Å². The van der Waals surface area contributed by atoms with Crippen molar-refractivity contribution < 1.29 is 24.2 Å². The first-order chi connectivity index (χ1) is 27.0. The van der Waals surface area contributed by atoms with Gasteiger partial charge in [0, 0.05) is 23.7 Å². The van der Waals surface area contributed by atoms with Gasteiger partial charge in [0.1, 0.15) is 6.10 Å². The molecule has 0 bridgehead atoms. The van der Waals surface area contributed by atoms with E-state index in [0.29, 0.717) is 36.6 Å². The van der Waals surface area contributed by atoms with Crippen molar-refractivity contribution in [1.29, 1.82) is 0 Å². The van der Waals surface area contributed by atoms with Crippen LogP contribution >= 0.6 is 11.6 Å². The largest absolute Gasteiger partial charge is 0.481 e. The maximum Gasteiger partial charge on any atom is 0.309 e. The molecule has 6 aliphatic carbocycles. The van der Waals surface area contributed by atoms with Crippen LogP contribution in [0.1, 0.15) is 159 Å². The molecule has 4 fully saturated rings. The minimum Gasteiger partial charge on any atom is -0.481 e. The summed E-state index contributed by atoms with van der Waals surface area (Å²) in [5, 5.41) is 13.0. The first-order valence-electron chi connectivity index (χ1n) is 22.9. The third-order valence-electron chi connectivity index (χ3n) is 17.6. The summed E-state index contributed by atoms with van der Waals surface area (Å²) in [5.41, 5.74) is 3.68. The van der Waals surface area contributed by atoms with Crippen LogP contribution in [0, 0.1) is 56.2 Å². The number of rotatable bonds is 13. The predicted octanol–water partition coefficient (Wildman–Crippen LogP) is 10.4. The van der Waals surface area contributed by atoms with Crippen LogP contribution in [0.15, 0.2) is 28.3 Å². The van der Waals surface area contributed by atoms with Crippen molar-refractivity contribution in [2.24, 2.45) is 61.2 Å². The van der Waals surface area contributed by atoms with Gasteiger partial charge < -0.3 is 20.1 Å². The number of hydrogen-bond donors (Lipinski definition) is 2. The van der Waals surface area contributed by atoms with E-state index in [1.54, 1.807) is 25.0 Å². The first-order valence-corrected chi connectivity index (χ1v) is 23.4. The number of fused-ring (bicyclic) bond motifs is 7. The molecule has 58 heavy (non-hydrogen) atoms. The second-order valence-electron chi connectivity index (χ2n) is 22.4. The summed E-state index contributed by atoms with van der Waals surface area (Å²) in [7, 11) is 4.18. The average molecular weight is 825 g/mol. The monoisotopic (exact) mass is 824 g/mol. The van der Waals surface area contributed by atoms with Crippen molar-refractivity contribution in [1.82, 2.24) is 10.2 Å². The molecule has 0 saturated heterocycles. The molecule has 0 aromatic rings. The molecule has 0 radical (unpaired) electrons. The van der Waals surface area contributed by atoms with E-state index in [1.807, 2.05) is 6.08 Å². The molecule has 2 N–H and O–H groups in total. The summed E-state index contributed by atoms with van der Waals surface area (Å²) in [5.74, 6) is 0.733. The molecule has 6 aliphatic rings. The number of allylic oxidation sites excluding steroid dienone is 3. The molecule has 10 unspecified atom stereocenters. The van der Waals surface area contributed by atoms with Crippen LogP contribution in [0.25, 0.3) is 0 Å². The summed E-state index contributed by atoms with van der Waals surface area (Å²) >= 11 is 6.32. The Balaban J connectivity index is 1.25.